The highest BCUT2D eigenvalue weighted by Crippen LogP contribution is 2.21. The van der Waals surface area contributed by atoms with Gasteiger partial charge in [-0.25, -0.2) is 0 Å². The highest BCUT2D eigenvalue weighted by atomic mass is 32.1. The maximum absolute atomic E-state index is 4.63. The molecule has 0 saturated carbocycles. The molecule has 5 nitrogen and oxygen atoms in total. The quantitative estimate of drug-likeness (QED) is 0.694. The van der Waals surface area contributed by atoms with E-state index < -0.39 is 0 Å². The first kappa shape index (κ1) is 16.1. The predicted molar refractivity (Wildman–Crippen MR) is 94.6 cm³/mol. The Labute approximate surface area is 141 Å². The van der Waals surface area contributed by atoms with Crippen LogP contribution in [-0.4, -0.2) is 30.0 Å². The molecule has 1 aromatic carbocycles. The van der Waals surface area contributed by atoms with Gasteiger partial charge in [-0.05, 0) is 38.9 Å². The number of benzene rings is 1. The van der Waals surface area contributed by atoms with E-state index in [4.69, 9.17) is 0 Å². The lowest BCUT2D eigenvalue weighted by Crippen LogP contribution is -2.23. The Morgan fingerprint density at radius 2 is 1.96 bits per heavy atom. The van der Waals surface area contributed by atoms with Crippen molar-refractivity contribution < 1.29 is 0 Å². The second-order valence-electron chi connectivity index (χ2n) is 5.82. The van der Waals surface area contributed by atoms with Crippen molar-refractivity contribution in [3.8, 4) is 0 Å². The van der Waals surface area contributed by atoms with Gasteiger partial charge in [0.15, 0.2) is 0 Å². The van der Waals surface area contributed by atoms with Crippen molar-refractivity contribution >= 4 is 22.8 Å². The Bertz CT molecular complexity index is 805. The summed E-state index contributed by atoms with van der Waals surface area (Å²) in [6.07, 6.45) is 0. The number of fused-ring (bicyclic) bond motifs is 1. The topological polar surface area (TPSA) is 46.8 Å². The van der Waals surface area contributed by atoms with Gasteiger partial charge in [0, 0.05) is 30.9 Å². The maximum atomic E-state index is 4.63. The van der Waals surface area contributed by atoms with Gasteiger partial charge in [-0.3, -0.25) is 9.58 Å². The minimum Gasteiger partial charge on any atom is -0.295 e. The summed E-state index contributed by atoms with van der Waals surface area (Å²) in [5.41, 5.74) is 7.03. The first-order valence-corrected chi connectivity index (χ1v) is 8.82. The van der Waals surface area contributed by atoms with E-state index in [1.807, 2.05) is 6.07 Å². The molecule has 0 aliphatic carbocycles. The lowest BCUT2D eigenvalue weighted by atomic mass is 10.1. The lowest BCUT2D eigenvalue weighted by Gasteiger charge is -2.21. The summed E-state index contributed by atoms with van der Waals surface area (Å²) >= 11 is 1.29. The van der Waals surface area contributed by atoms with Crippen LogP contribution in [0.15, 0.2) is 18.2 Å². The van der Waals surface area contributed by atoms with Crippen LogP contribution >= 0.6 is 11.7 Å². The minimum atomic E-state index is 0.884. The third-order valence-electron chi connectivity index (χ3n) is 4.42. The van der Waals surface area contributed by atoms with Crippen LogP contribution in [-0.2, 0) is 19.6 Å². The highest BCUT2D eigenvalue weighted by molar-refractivity contribution is 7.00. The molecule has 0 radical (unpaired) electrons. The van der Waals surface area contributed by atoms with Crippen LogP contribution in [0.25, 0.3) is 11.0 Å². The summed E-state index contributed by atoms with van der Waals surface area (Å²) in [5.74, 6) is 0. The largest absolute Gasteiger partial charge is 0.295 e. The molecular formula is C17H23N5S. The van der Waals surface area contributed by atoms with Crippen molar-refractivity contribution in [2.24, 2.45) is 0 Å². The van der Waals surface area contributed by atoms with Gasteiger partial charge in [0.25, 0.3) is 0 Å². The third kappa shape index (κ3) is 3.14. The maximum Gasteiger partial charge on any atom is 0.109 e. The number of aryl methyl sites for hydroxylation is 2. The molecule has 122 valence electrons. The molecule has 0 unspecified atom stereocenters. The van der Waals surface area contributed by atoms with Crippen LogP contribution in [0.3, 0.4) is 0 Å². The van der Waals surface area contributed by atoms with Gasteiger partial charge in [-0.1, -0.05) is 19.1 Å². The number of nitrogens with zero attached hydrogens (tertiary/aromatic N) is 5. The van der Waals surface area contributed by atoms with E-state index >= 15 is 0 Å². The molecule has 0 N–H and O–H groups in total. The number of rotatable bonds is 6. The van der Waals surface area contributed by atoms with E-state index in [9.17, 15) is 0 Å². The Morgan fingerprint density at radius 3 is 2.65 bits per heavy atom. The molecule has 0 atom stereocenters. The smallest absolute Gasteiger partial charge is 0.109 e. The van der Waals surface area contributed by atoms with Crippen molar-refractivity contribution in [2.75, 3.05) is 6.54 Å². The van der Waals surface area contributed by atoms with E-state index in [0.717, 1.165) is 42.9 Å². The number of aromatic nitrogens is 4. The predicted octanol–water partition coefficient (Wildman–Crippen LogP) is 3.55. The lowest BCUT2D eigenvalue weighted by molar-refractivity contribution is 0.271. The zero-order valence-electron chi connectivity index (χ0n) is 14.2. The first-order chi connectivity index (χ1) is 11.1. The van der Waals surface area contributed by atoms with Crippen molar-refractivity contribution in [2.45, 2.75) is 47.3 Å². The molecule has 0 fully saturated rings. The standard InChI is InChI=1S/C17H23N5S/c1-5-21(11-15-12(3)18-22(6-2)13(15)4)10-14-8-7-9-16-17(14)20-23-19-16/h7-9H,5-6,10-11H2,1-4H3. The summed E-state index contributed by atoms with van der Waals surface area (Å²) in [6.45, 7) is 12.3. The summed E-state index contributed by atoms with van der Waals surface area (Å²) in [5, 5.41) is 4.63. The van der Waals surface area contributed by atoms with Crippen molar-refractivity contribution in [1.29, 1.82) is 0 Å². The normalized spacial score (nSPS) is 11.7. The van der Waals surface area contributed by atoms with Crippen molar-refractivity contribution in [1.82, 2.24) is 23.4 Å². The Hall–Kier alpha value is -1.79. The molecule has 2 heterocycles. The van der Waals surface area contributed by atoms with Gasteiger partial charge in [0.1, 0.15) is 11.0 Å². The van der Waals surface area contributed by atoms with Gasteiger partial charge >= 0.3 is 0 Å². The molecule has 0 aliphatic heterocycles. The van der Waals surface area contributed by atoms with Crippen molar-refractivity contribution in [3.63, 3.8) is 0 Å². The van der Waals surface area contributed by atoms with Crippen LogP contribution in [0.2, 0.25) is 0 Å². The fourth-order valence-corrected chi connectivity index (χ4v) is 3.57. The zero-order valence-corrected chi connectivity index (χ0v) is 15.0. The molecule has 3 aromatic rings. The second-order valence-corrected chi connectivity index (χ2v) is 6.35. The van der Waals surface area contributed by atoms with Gasteiger partial charge in [0.2, 0.25) is 0 Å². The zero-order chi connectivity index (χ0) is 16.4. The van der Waals surface area contributed by atoms with E-state index in [0.29, 0.717) is 0 Å². The average molecular weight is 329 g/mol. The second kappa shape index (κ2) is 6.76. The SMILES string of the molecule is CCN(Cc1c(C)nn(CC)c1C)Cc1cccc2nsnc12. The van der Waals surface area contributed by atoms with Gasteiger partial charge in [-0.2, -0.15) is 13.8 Å². The third-order valence-corrected chi connectivity index (χ3v) is 4.97. The minimum absolute atomic E-state index is 0.884. The van der Waals surface area contributed by atoms with Crippen molar-refractivity contribution in [3.05, 3.63) is 40.7 Å². The summed E-state index contributed by atoms with van der Waals surface area (Å²) in [4.78, 5) is 2.44. The van der Waals surface area contributed by atoms with Crippen LogP contribution in [0, 0.1) is 13.8 Å². The van der Waals surface area contributed by atoms with Crippen LogP contribution < -0.4 is 0 Å². The average Bonchev–Trinajstić information content (AvgIpc) is 3.14. The van der Waals surface area contributed by atoms with Crippen LogP contribution in [0.5, 0.6) is 0 Å². The Kier molecular flexibility index (Phi) is 4.73. The summed E-state index contributed by atoms with van der Waals surface area (Å²) in [6, 6.07) is 6.25. The molecule has 0 spiro atoms. The fourth-order valence-electron chi connectivity index (χ4n) is 3.00. The molecule has 0 saturated heterocycles. The van der Waals surface area contributed by atoms with Gasteiger partial charge in [0.05, 0.1) is 17.4 Å². The van der Waals surface area contributed by atoms with E-state index in [1.54, 1.807) is 0 Å². The molecular weight excluding hydrogens is 306 g/mol. The summed E-state index contributed by atoms with van der Waals surface area (Å²) < 4.78 is 10.9. The highest BCUT2D eigenvalue weighted by Gasteiger charge is 2.15. The first-order valence-electron chi connectivity index (χ1n) is 8.09. The molecule has 2 aromatic heterocycles. The van der Waals surface area contributed by atoms with E-state index in [1.165, 1.54) is 28.5 Å². The van der Waals surface area contributed by atoms with Crippen LogP contribution in [0.4, 0.5) is 0 Å². The molecule has 3 rings (SSSR count). The van der Waals surface area contributed by atoms with Gasteiger partial charge in [-0.15, -0.1) is 0 Å². The summed E-state index contributed by atoms with van der Waals surface area (Å²) in [7, 11) is 0. The van der Waals surface area contributed by atoms with Crippen LogP contribution in [0.1, 0.15) is 36.4 Å². The molecule has 0 bridgehead atoms. The number of hydrogen-bond acceptors (Lipinski definition) is 5. The van der Waals surface area contributed by atoms with E-state index in [-0.39, 0.29) is 0 Å². The number of hydrogen-bond donors (Lipinski definition) is 0. The van der Waals surface area contributed by atoms with Gasteiger partial charge < -0.3 is 0 Å². The molecule has 0 aliphatic rings. The molecule has 6 heteroatoms. The Balaban J connectivity index is 1.84. The molecule has 23 heavy (non-hydrogen) atoms. The monoisotopic (exact) mass is 329 g/mol. The molecule has 0 amide bonds. The fraction of sp³-hybridized carbons (Fsp3) is 0.471. The Morgan fingerprint density at radius 1 is 1.13 bits per heavy atom. The van der Waals surface area contributed by atoms with E-state index in [2.05, 4.69) is 63.3 Å².